The zero-order valence-corrected chi connectivity index (χ0v) is 16.4. The Morgan fingerprint density at radius 2 is 1.88 bits per heavy atom. The fourth-order valence-corrected chi connectivity index (χ4v) is 3.60. The maximum atomic E-state index is 12.4. The minimum absolute atomic E-state index is 0.0799. The van der Waals surface area contributed by atoms with Crippen LogP contribution in [0.2, 0.25) is 0 Å². The molecule has 0 aliphatic carbocycles. The SMILES string of the molecule is COc1ccccc1N1CCN(C(C)(C)CNC(=O)C2(C)COC2)CC1. The molecule has 1 N–H and O–H groups in total. The molecule has 26 heavy (non-hydrogen) atoms. The third-order valence-corrected chi connectivity index (χ3v) is 5.63. The summed E-state index contributed by atoms with van der Waals surface area (Å²) in [6, 6.07) is 8.17. The zero-order chi connectivity index (χ0) is 18.8. The van der Waals surface area contributed by atoms with Gasteiger partial charge in [0.2, 0.25) is 5.91 Å². The Kier molecular flexibility index (Phi) is 5.44. The molecule has 0 atom stereocenters. The molecule has 3 rings (SSSR count). The molecule has 1 aromatic rings. The molecule has 144 valence electrons. The average Bonchev–Trinajstić information content (AvgIpc) is 2.64. The van der Waals surface area contributed by atoms with Crippen molar-refractivity contribution in [2.24, 2.45) is 5.41 Å². The summed E-state index contributed by atoms with van der Waals surface area (Å²) < 4.78 is 10.7. The van der Waals surface area contributed by atoms with Crippen LogP contribution in [0.3, 0.4) is 0 Å². The number of hydrogen-bond donors (Lipinski definition) is 1. The van der Waals surface area contributed by atoms with Crippen molar-refractivity contribution in [3.05, 3.63) is 24.3 Å². The van der Waals surface area contributed by atoms with E-state index in [0.29, 0.717) is 19.8 Å². The molecule has 0 radical (unpaired) electrons. The van der Waals surface area contributed by atoms with Gasteiger partial charge in [0.1, 0.15) is 5.75 Å². The van der Waals surface area contributed by atoms with E-state index in [1.807, 2.05) is 19.1 Å². The van der Waals surface area contributed by atoms with E-state index in [4.69, 9.17) is 9.47 Å². The Morgan fingerprint density at radius 1 is 1.23 bits per heavy atom. The lowest BCUT2D eigenvalue weighted by molar-refractivity contribution is -0.158. The van der Waals surface area contributed by atoms with Crippen LogP contribution in [0.5, 0.6) is 5.75 Å². The summed E-state index contributed by atoms with van der Waals surface area (Å²) in [5, 5.41) is 3.13. The molecule has 0 saturated carbocycles. The van der Waals surface area contributed by atoms with Crippen LogP contribution in [0.25, 0.3) is 0 Å². The molecule has 1 amide bonds. The molecule has 0 aromatic heterocycles. The number of carbonyl (C=O) groups excluding carboxylic acids is 1. The maximum Gasteiger partial charge on any atom is 0.230 e. The molecule has 2 aliphatic heterocycles. The van der Waals surface area contributed by atoms with E-state index in [1.54, 1.807) is 7.11 Å². The van der Waals surface area contributed by atoms with Crippen molar-refractivity contribution in [3.63, 3.8) is 0 Å². The Balaban J connectivity index is 1.54. The molecule has 0 spiro atoms. The van der Waals surface area contributed by atoms with E-state index < -0.39 is 0 Å². The summed E-state index contributed by atoms with van der Waals surface area (Å²) >= 11 is 0. The quantitative estimate of drug-likeness (QED) is 0.837. The Labute approximate surface area is 156 Å². The van der Waals surface area contributed by atoms with Crippen LogP contribution < -0.4 is 15.0 Å². The third kappa shape index (κ3) is 3.81. The second-order valence-corrected chi connectivity index (χ2v) is 8.19. The largest absolute Gasteiger partial charge is 0.495 e. The lowest BCUT2D eigenvalue weighted by Gasteiger charge is -2.45. The number of anilines is 1. The van der Waals surface area contributed by atoms with Crippen molar-refractivity contribution in [1.82, 2.24) is 10.2 Å². The van der Waals surface area contributed by atoms with Gasteiger partial charge in [0.05, 0.1) is 31.4 Å². The normalized spacial score (nSPS) is 20.4. The van der Waals surface area contributed by atoms with Crippen molar-refractivity contribution >= 4 is 11.6 Å². The van der Waals surface area contributed by atoms with Crippen LogP contribution in [0.1, 0.15) is 20.8 Å². The lowest BCUT2D eigenvalue weighted by atomic mass is 9.87. The molecule has 2 heterocycles. The van der Waals surface area contributed by atoms with Gasteiger partial charge in [0, 0.05) is 38.3 Å². The summed E-state index contributed by atoms with van der Waals surface area (Å²) in [5.74, 6) is 1.02. The highest BCUT2D eigenvalue weighted by Gasteiger charge is 2.42. The summed E-state index contributed by atoms with van der Waals surface area (Å²) in [6.07, 6.45) is 0. The van der Waals surface area contributed by atoms with E-state index >= 15 is 0 Å². The van der Waals surface area contributed by atoms with E-state index in [2.05, 4.69) is 41.1 Å². The minimum Gasteiger partial charge on any atom is -0.495 e. The zero-order valence-electron chi connectivity index (χ0n) is 16.4. The summed E-state index contributed by atoms with van der Waals surface area (Å²) in [4.78, 5) is 17.2. The number of nitrogens with zero attached hydrogens (tertiary/aromatic N) is 2. The molecule has 1 aromatic carbocycles. The van der Waals surface area contributed by atoms with Gasteiger partial charge in [-0.2, -0.15) is 0 Å². The number of amides is 1. The van der Waals surface area contributed by atoms with Gasteiger partial charge in [-0.3, -0.25) is 9.69 Å². The van der Waals surface area contributed by atoms with Crippen molar-refractivity contribution in [2.75, 3.05) is 57.9 Å². The third-order valence-electron chi connectivity index (χ3n) is 5.63. The van der Waals surface area contributed by atoms with Crippen LogP contribution in [-0.2, 0) is 9.53 Å². The highest BCUT2D eigenvalue weighted by Crippen LogP contribution is 2.30. The molecule has 6 heteroatoms. The topological polar surface area (TPSA) is 54.0 Å². The first-order chi connectivity index (χ1) is 12.4. The Morgan fingerprint density at radius 3 is 2.46 bits per heavy atom. The summed E-state index contributed by atoms with van der Waals surface area (Å²) in [5.41, 5.74) is 0.723. The van der Waals surface area contributed by atoms with Gasteiger partial charge in [0.25, 0.3) is 0 Å². The predicted octanol–water partition coefficient (Wildman–Crippen LogP) is 1.75. The van der Waals surface area contributed by atoms with Crippen molar-refractivity contribution in [2.45, 2.75) is 26.3 Å². The molecule has 2 saturated heterocycles. The number of carbonyl (C=O) groups is 1. The number of ether oxygens (including phenoxy) is 2. The first-order valence-electron chi connectivity index (χ1n) is 9.35. The Hall–Kier alpha value is -1.79. The second kappa shape index (κ2) is 7.45. The minimum atomic E-state index is -0.349. The Bertz CT molecular complexity index is 635. The smallest absolute Gasteiger partial charge is 0.230 e. The molecule has 0 bridgehead atoms. The number of hydrogen-bond acceptors (Lipinski definition) is 5. The fourth-order valence-electron chi connectivity index (χ4n) is 3.60. The average molecular weight is 361 g/mol. The number of para-hydroxylation sites is 2. The van der Waals surface area contributed by atoms with Crippen LogP contribution in [0.15, 0.2) is 24.3 Å². The van der Waals surface area contributed by atoms with Gasteiger partial charge in [-0.15, -0.1) is 0 Å². The van der Waals surface area contributed by atoms with Crippen molar-refractivity contribution < 1.29 is 14.3 Å². The standard InChI is InChI=1S/C20H31N3O3/c1-19(2,13-21-18(24)20(3)14-26-15-20)23-11-9-22(10-12-23)16-7-5-6-8-17(16)25-4/h5-8H,9-15H2,1-4H3,(H,21,24). The highest BCUT2D eigenvalue weighted by molar-refractivity contribution is 5.83. The predicted molar refractivity (Wildman–Crippen MR) is 103 cm³/mol. The second-order valence-electron chi connectivity index (χ2n) is 8.19. The number of methoxy groups -OCH3 is 1. The molecule has 0 unspecified atom stereocenters. The summed E-state index contributed by atoms with van der Waals surface area (Å²) in [7, 11) is 1.72. The summed E-state index contributed by atoms with van der Waals surface area (Å²) in [6.45, 7) is 11.9. The number of rotatable bonds is 6. The molecular formula is C20H31N3O3. The first kappa shape index (κ1) is 19.0. The fraction of sp³-hybridized carbons (Fsp3) is 0.650. The highest BCUT2D eigenvalue weighted by atomic mass is 16.5. The van der Waals surface area contributed by atoms with Crippen LogP contribution in [-0.4, -0.2) is 69.4 Å². The van der Waals surface area contributed by atoms with Gasteiger partial charge < -0.3 is 19.7 Å². The molecule has 2 aliphatic rings. The van der Waals surface area contributed by atoms with E-state index in [-0.39, 0.29) is 16.9 Å². The van der Waals surface area contributed by atoms with Crippen molar-refractivity contribution in [3.8, 4) is 5.75 Å². The molecule has 2 fully saturated rings. The van der Waals surface area contributed by atoms with Gasteiger partial charge >= 0.3 is 0 Å². The number of piperazine rings is 1. The van der Waals surface area contributed by atoms with Gasteiger partial charge in [-0.25, -0.2) is 0 Å². The van der Waals surface area contributed by atoms with Crippen molar-refractivity contribution in [1.29, 1.82) is 0 Å². The van der Waals surface area contributed by atoms with Crippen LogP contribution >= 0.6 is 0 Å². The van der Waals surface area contributed by atoms with Gasteiger partial charge in [-0.05, 0) is 32.9 Å². The molecular weight excluding hydrogens is 330 g/mol. The van der Waals surface area contributed by atoms with Crippen LogP contribution in [0.4, 0.5) is 5.69 Å². The number of benzene rings is 1. The maximum absolute atomic E-state index is 12.4. The van der Waals surface area contributed by atoms with E-state index in [9.17, 15) is 4.79 Å². The van der Waals surface area contributed by atoms with Gasteiger partial charge in [0.15, 0.2) is 0 Å². The molecule has 6 nitrogen and oxygen atoms in total. The van der Waals surface area contributed by atoms with Gasteiger partial charge in [-0.1, -0.05) is 12.1 Å². The first-order valence-corrected chi connectivity index (χ1v) is 9.35. The lowest BCUT2D eigenvalue weighted by Crippen LogP contribution is -2.60. The monoisotopic (exact) mass is 361 g/mol. The number of nitrogens with one attached hydrogen (secondary N) is 1. The van der Waals surface area contributed by atoms with Crippen LogP contribution in [0, 0.1) is 5.41 Å². The van der Waals surface area contributed by atoms with E-state index in [1.165, 1.54) is 0 Å². The van der Waals surface area contributed by atoms with E-state index in [0.717, 1.165) is 37.6 Å².